The molecule has 0 atom stereocenters. The van der Waals surface area contributed by atoms with E-state index in [1.54, 1.807) is 45.0 Å². The van der Waals surface area contributed by atoms with Crippen molar-refractivity contribution in [1.29, 1.82) is 0 Å². The number of amides is 1. The first kappa shape index (κ1) is 15.3. The van der Waals surface area contributed by atoms with Crippen LogP contribution in [0.1, 0.15) is 20.8 Å². The van der Waals surface area contributed by atoms with E-state index in [1.807, 2.05) is 0 Å². The highest BCUT2D eigenvalue weighted by Gasteiger charge is 2.30. The van der Waals surface area contributed by atoms with Gasteiger partial charge in [0.1, 0.15) is 11.3 Å². The van der Waals surface area contributed by atoms with Gasteiger partial charge in [0.25, 0.3) is 10.8 Å². The van der Waals surface area contributed by atoms with E-state index < -0.39 is 11.7 Å². The second-order valence-corrected chi connectivity index (χ2v) is 4.96. The summed E-state index contributed by atoms with van der Waals surface area (Å²) in [4.78, 5) is 15.9. The maximum atomic E-state index is 12.0. The molecule has 0 aliphatic rings. The molecule has 1 aromatic carbocycles. The summed E-state index contributed by atoms with van der Waals surface area (Å²) in [5, 5.41) is 4.62. The fraction of sp³-hybridized carbons (Fsp3) is 0.308. The number of hydrogen-bond donors (Lipinski definition) is 0. The maximum absolute atomic E-state index is 12.0. The Bertz CT molecular complexity index is 593. The molecule has 4 nitrogen and oxygen atoms in total. The van der Waals surface area contributed by atoms with Crippen molar-refractivity contribution in [3.63, 3.8) is 0 Å². The Balaban J connectivity index is 3.23. The maximum Gasteiger partial charge on any atom is 0.613 e. The molecule has 0 saturated carbocycles. The van der Waals surface area contributed by atoms with Gasteiger partial charge >= 0.3 is 6.09 Å². The number of carbonyl (C=O) groups is 1. The molecule has 19 heavy (non-hydrogen) atoms. The van der Waals surface area contributed by atoms with Crippen molar-refractivity contribution in [2.45, 2.75) is 26.4 Å². The molecule has 0 saturated heterocycles. The van der Waals surface area contributed by atoms with Gasteiger partial charge in [0, 0.05) is 18.3 Å². The minimum absolute atomic E-state index is 0.448. The molecule has 1 rings (SSSR count). The molecule has 0 aromatic heterocycles. The lowest BCUT2D eigenvalue weighted by molar-refractivity contribution is -0.354. The Hall–Kier alpha value is -1.71. The molecular formula is C13H13N2O2S2+. The van der Waals surface area contributed by atoms with Crippen molar-refractivity contribution in [2.75, 3.05) is 0 Å². The van der Waals surface area contributed by atoms with E-state index in [9.17, 15) is 4.79 Å². The van der Waals surface area contributed by atoms with E-state index in [2.05, 4.69) is 27.5 Å². The van der Waals surface area contributed by atoms with Crippen molar-refractivity contribution in [3.8, 4) is 0 Å². The van der Waals surface area contributed by atoms with Crippen molar-refractivity contribution in [3.05, 3.63) is 24.3 Å². The number of isothiocyanates is 2. The third-order valence-electron chi connectivity index (χ3n) is 1.96. The number of rotatable bonds is 2. The zero-order valence-electron chi connectivity index (χ0n) is 10.8. The van der Waals surface area contributed by atoms with Crippen LogP contribution in [0.5, 0.6) is 0 Å². The first-order chi connectivity index (χ1) is 8.89. The van der Waals surface area contributed by atoms with E-state index >= 15 is 0 Å². The molecule has 0 spiro atoms. The fourth-order valence-corrected chi connectivity index (χ4v) is 1.56. The largest absolute Gasteiger partial charge is 0.613 e. The third kappa shape index (κ3) is 4.47. The van der Waals surface area contributed by atoms with Crippen LogP contribution in [-0.2, 0) is 4.74 Å². The van der Waals surface area contributed by atoms with Gasteiger partial charge in [0.05, 0.1) is 5.16 Å². The SMILES string of the molecule is CC(C)(C)OC(=O)[N+](=C=S)c1ccccc1N=C=S. The summed E-state index contributed by atoms with van der Waals surface area (Å²) >= 11 is 9.32. The lowest BCUT2D eigenvalue weighted by Crippen LogP contribution is -2.28. The van der Waals surface area contributed by atoms with Gasteiger partial charge in [-0.2, -0.15) is 9.79 Å². The third-order valence-corrected chi connectivity index (χ3v) is 2.23. The van der Waals surface area contributed by atoms with Gasteiger partial charge in [0.15, 0.2) is 0 Å². The summed E-state index contributed by atoms with van der Waals surface area (Å²) in [5.41, 5.74) is 0.300. The van der Waals surface area contributed by atoms with Crippen LogP contribution in [0.4, 0.5) is 16.2 Å². The Kier molecular flexibility index (Phi) is 5.21. The molecule has 0 heterocycles. The van der Waals surface area contributed by atoms with Crippen LogP contribution in [0.2, 0.25) is 0 Å². The van der Waals surface area contributed by atoms with Crippen molar-refractivity contribution < 1.29 is 14.1 Å². The van der Waals surface area contributed by atoms with Crippen LogP contribution in [0, 0.1) is 0 Å². The highest BCUT2D eigenvalue weighted by Crippen LogP contribution is 2.27. The molecule has 1 aromatic rings. The van der Waals surface area contributed by atoms with Gasteiger partial charge in [-0.3, -0.25) is 0 Å². The first-order valence-electron chi connectivity index (χ1n) is 5.47. The molecule has 0 aliphatic carbocycles. The summed E-state index contributed by atoms with van der Waals surface area (Å²) in [6, 6.07) is 6.89. The van der Waals surface area contributed by atoms with E-state index in [1.165, 1.54) is 0 Å². The van der Waals surface area contributed by atoms with Crippen LogP contribution in [0.25, 0.3) is 0 Å². The predicted molar refractivity (Wildman–Crippen MR) is 79.9 cm³/mol. The van der Waals surface area contributed by atoms with Crippen molar-refractivity contribution in [2.24, 2.45) is 4.99 Å². The van der Waals surface area contributed by atoms with Crippen LogP contribution in [-0.4, -0.2) is 26.6 Å². The minimum atomic E-state index is -0.621. The molecule has 98 valence electrons. The van der Waals surface area contributed by atoms with Gasteiger partial charge in [-0.05, 0) is 43.6 Å². The Morgan fingerprint density at radius 1 is 1.32 bits per heavy atom. The summed E-state index contributed by atoms with van der Waals surface area (Å²) in [7, 11) is 0. The quantitative estimate of drug-likeness (QED) is 0.467. The Morgan fingerprint density at radius 2 is 1.95 bits per heavy atom. The van der Waals surface area contributed by atoms with Crippen molar-refractivity contribution in [1.82, 2.24) is 0 Å². The summed E-state index contributed by atoms with van der Waals surface area (Å²) in [5.74, 6) is 0. The number of para-hydroxylation sites is 2. The van der Waals surface area contributed by atoms with Crippen LogP contribution < -0.4 is 0 Å². The van der Waals surface area contributed by atoms with E-state index in [-0.39, 0.29) is 0 Å². The second-order valence-electron chi connectivity index (χ2n) is 4.60. The fourth-order valence-electron chi connectivity index (χ4n) is 1.29. The van der Waals surface area contributed by atoms with E-state index in [0.717, 1.165) is 4.58 Å². The Labute approximate surface area is 122 Å². The standard InChI is InChI=1S/C13H13N2O2S2/c1-13(2,3)17-12(16)15(9-19)11-7-5-4-6-10(11)14-8-18/h4-7H,1-3H3/q+1. The van der Waals surface area contributed by atoms with Gasteiger partial charge in [-0.25, -0.2) is 0 Å². The summed E-state index contributed by atoms with van der Waals surface area (Å²) < 4.78 is 6.34. The molecule has 1 amide bonds. The Morgan fingerprint density at radius 3 is 2.47 bits per heavy atom. The van der Waals surface area contributed by atoms with Gasteiger partial charge < -0.3 is 4.74 Å². The highest BCUT2D eigenvalue weighted by atomic mass is 32.1. The monoisotopic (exact) mass is 293 g/mol. The topological polar surface area (TPSA) is 41.7 Å². The number of nitrogens with zero attached hydrogens (tertiary/aromatic N) is 2. The zero-order valence-corrected chi connectivity index (χ0v) is 12.5. The molecule has 0 radical (unpaired) electrons. The van der Waals surface area contributed by atoms with E-state index in [4.69, 9.17) is 17.0 Å². The first-order valence-corrected chi connectivity index (χ1v) is 6.28. The number of carbonyl (C=O) groups excluding carboxylic acids is 1. The van der Waals surface area contributed by atoms with Crippen LogP contribution in [0.3, 0.4) is 0 Å². The molecule has 0 aliphatic heterocycles. The molecule has 0 unspecified atom stereocenters. The average molecular weight is 293 g/mol. The smallest absolute Gasteiger partial charge is 0.405 e. The second kappa shape index (κ2) is 6.45. The molecule has 0 fully saturated rings. The van der Waals surface area contributed by atoms with Crippen molar-refractivity contribution >= 4 is 52.2 Å². The van der Waals surface area contributed by atoms with Gasteiger partial charge in [0.2, 0.25) is 0 Å². The zero-order chi connectivity index (χ0) is 14.5. The lowest BCUT2D eigenvalue weighted by Gasteiger charge is -2.15. The molecule has 0 bridgehead atoms. The van der Waals surface area contributed by atoms with Crippen LogP contribution >= 0.6 is 24.4 Å². The average Bonchev–Trinajstić information content (AvgIpc) is 2.30. The molecule has 6 heteroatoms. The number of hydrogen-bond acceptors (Lipinski definition) is 5. The van der Waals surface area contributed by atoms with Crippen LogP contribution in [0.15, 0.2) is 29.3 Å². The van der Waals surface area contributed by atoms with E-state index in [0.29, 0.717) is 11.4 Å². The highest BCUT2D eigenvalue weighted by molar-refractivity contribution is 7.78. The normalized spacial score (nSPS) is 10.1. The number of ether oxygens (including phenoxy) is 1. The number of thiocarbonyl (C=S) groups is 2. The number of benzene rings is 1. The summed E-state index contributed by atoms with van der Waals surface area (Å²) in [6.45, 7) is 5.31. The number of aliphatic imine (C=N–C) groups is 1. The predicted octanol–water partition coefficient (Wildman–Crippen LogP) is 4.10. The lowest BCUT2D eigenvalue weighted by atomic mass is 10.2. The molecular weight excluding hydrogens is 280 g/mol. The van der Waals surface area contributed by atoms with Gasteiger partial charge in [-0.1, -0.05) is 12.1 Å². The molecule has 0 N–H and O–H groups in total. The minimum Gasteiger partial charge on any atom is -0.405 e. The van der Waals surface area contributed by atoms with Gasteiger partial charge in [-0.15, -0.1) is 0 Å². The summed E-state index contributed by atoms with van der Waals surface area (Å²) in [6.07, 6.45) is -0.616.